The maximum atomic E-state index is 12.6. The fourth-order valence-corrected chi connectivity index (χ4v) is 4.54. The third-order valence-electron chi connectivity index (χ3n) is 4.98. The smallest absolute Gasteiger partial charge is 0.264 e. The lowest BCUT2D eigenvalue weighted by molar-refractivity contribution is 0.0613. The Kier molecular flexibility index (Phi) is 5.81. The van der Waals surface area contributed by atoms with E-state index in [0.29, 0.717) is 0 Å². The van der Waals surface area contributed by atoms with Crippen molar-refractivity contribution in [3.63, 3.8) is 0 Å². The number of piperidine rings is 1. The van der Waals surface area contributed by atoms with Crippen LogP contribution in [0, 0.1) is 5.92 Å². The number of furan rings is 1. The summed E-state index contributed by atoms with van der Waals surface area (Å²) in [6.07, 6.45) is 4.25. The molecule has 0 atom stereocenters. The number of rotatable bonds is 3. The van der Waals surface area contributed by atoms with Gasteiger partial charge in [0.05, 0.1) is 15.8 Å². The Morgan fingerprint density at radius 3 is 2.71 bits per heavy atom. The quantitative estimate of drug-likeness (QED) is 0.903. The van der Waals surface area contributed by atoms with Crippen LogP contribution in [0.5, 0.6) is 0 Å². The van der Waals surface area contributed by atoms with Gasteiger partial charge in [-0.2, -0.15) is 0 Å². The number of amides is 1. The Balaban J connectivity index is 0.00000169. The van der Waals surface area contributed by atoms with E-state index in [0.717, 1.165) is 60.3 Å². The molecule has 2 aliphatic rings. The highest BCUT2D eigenvalue weighted by Crippen LogP contribution is 2.27. The summed E-state index contributed by atoms with van der Waals surface area (Å²) in [5, 5.41) is 3.42. The molecule has 0 unspecified atom stereocenters. The van der Waals surface area contributed by atoms with E-state index in [2.05, 4.69) is 10.2 Å². The van der Waals surface area contributed by atoms with Gasteiger partial charge in [-0.3, -0.25) is 9.69 Å². The molecule has 0 aromatic carbocycles. The van der Waals surface area contributed by atoms with E-state index in [4.69, 9.17) is 4.42 Å². The molecule has 7 heteroatoms. The summed E-state index contributed by atoms with van der Waals surface area (Å²) in [6, 6.07) is 3.80. The van der Waals surface area contributed by atoms with Crippen LogP contribution in [0.25, 0.3) is 10.3 Å². The van der Waals surface area contributed by atoms with Gasteiger partial charge in [-0.05, 0) is 37.9 Å². The van der Waals surface area contributed by atoms with E-state index >= 15 is 0 Å². The van der Waals surface area contributed by atoms with Crippen LogP contribution in [0.4, 0.5) is 0 Å². The Morgan fingerprint density at radius 1 is 1.25 bits per heavy atom. The number of carbonyl (C=O) groups is 1. The van der Waals surface area contributed by atoms with Gasteiger partial charge in [0, 0.05) is 38.8 Å². The number of nitrogens with one attached hydrogen (secondary N) is 1. The number of carbonyl (C=O) groups excluding carboxylic acids is 1. The third kappa shape index (κ3) is 3.77. The van der Waals surface area contributed by atoms with E-state index in [1.165, 1.54) is 30.7 Å². The zero-order valence-corrected chi connectivity index (χ0v) is 15.3. The molecule has 2 aromatic rings. The average molecular weight is 370 g/mol. The highest BCUT2D eigenvalue weighted by atomic mass is 35.5. The molecule has 0 bridgehead atoms. The normalized spacial score (nSPS) is 20.2. The van der Waals surface area contributed by atoms with Gasteiger partial charge >= 0.3 is 0 Å². The molecule has 1 N–H and O–H groups in total. The molecule has 0 aliphatic carbocycles. The van der Waals surface area contributed by atoms with Gasteiger partial charge in [-0.15, -0.1) is 23.7 Å². The zero-order valence-electron chi connectivity index (χ0n) is 13.7. The molecule has 0 saturated carbocycles. The summed E-state index contributed by atoms with van der Waals surface area (Å²) in [5.74, 6) is 0.977. The topological polar surface area (TPSA) is 48.7 Å². The molecule has 132 valence electrons. The van der Waals surface area contributed by atoms with Gasteiger partial charge in [0.25, 0.3) is 5.91 Å². The van der Waals surface area contributed by atoms with E-state index in [1.807, 2.05) is 17.0 Å². The Morgan fingerprint density at radius 2 is 2.00 bits per heavy atom. The Hall–Kier alpha value is -1.08. The van der Waals surface area contributed by atoms with Crippen molar-refractivity contribution < 1.29 is 9.21 Å². The largest absolute Gasteiger partial charge is 0.463 e. The number of hydrogen-bond acceptors (Lipinski definition) is 5. The Bertz CT molecular complexity index is 644. The van der Waals surface area contributed by atoms with Gasteiger partial charge in [-0.25, -0.2) is 0 Å². The molecule has 2 aromatic heterocycles. The van der Waals surface area contributed by atoms with E-state index in [9.17, 15) is 4.79 Å². The van der Waals surface area contributed by atoms with Gasteiger partial charge in [0.2, 0.25) is 0 Å². The lowest BCUT2D eigenvalue weighted by atomic mass is 9.97. The van der Waals surface area contributed by atoms with Crippen molar-refractivity contribution >= 4 is 39.9 Å². The molecule has 0 spiro atoms. The molecular formula is C17H24ClN3O2S. The lowest BCUT2D eigenvalue weighted by Gasteiger charge is -2.37. The predicted octanol–water partition coefficient (Wildman–Crippen LogP) is 2.67. The minimum absolute atomic E-state index is 0. The fraction of sp³-hybridized carbons (Fsp3) is 0.588. The first kappa shape index (κ1) is 17.7. The van der Waals surface area contributed by atoms with Crippen molar-refractivity contribution in [3.05, 3.63) is 23.3 Å². The van der Waals surface area contributed by atoms with Crippen LogP contribution in [-0.2, 0) is 0 Å². The number of thiophene rings is 1. The summed E-state index contributed by atoms with van der Waals surface area (Å²) >= 11 is 1.53. The van der Waals surface area contributed by atoms with Gasteiger partial charge in [-0.1, -0.05) is 0 Å². The predicted molar refractivity (Wildman–Crippen MR) is 99.3 cm³/mol. The first-order chi connectivity index (χ1) is 11.3. The maximum Gasteiger partial charge on any atom is 0.264 e. The number of hydrogen-bond donors (Lipinski definition) is 1. The second-order valence-electron chi connectivity index (χ2n) is 6.55. The highest BCUT2D eigenvalue weighted by molar-refractivity contribution is 7.20. The summed E-state index contributed by atoms with van der Waals surface area (Å²) < 4.78 is 6.42. The molecule has 2 saturated heterocycles. The van der Waals surface area contributed by atoms with E-state index in [1.54, 1.807) is 6.26 Å². The van der Waals surface area contributed by atoms with Crippen molar-refractivity contribution in [2.24, 2.45) is 5.92 Å². The monoisotopic (exact) mass is 369 g/mol. The second kappa shape index (κ2) is 7.87. The maximum absolute atomic E-state index is 12.6. The van der Waals surface area contributed by atoms with Crippen molar-refractivity contribution in [1.29, 1.82) is 0 Å². The summed E-state index contributed by atoms with van der Waals surface area (Å²) in [6.45, 7) is 7.17. The Labute approximate surface area is 152 Å². The first-order valence-electron chi connectivity index (χ1n) is 8.49. The van der Waals surface area contributed by atoms with Crippen LogP contribution in [0.1, 0.15) is 22.5 Å². The van der Waals surface area contributed by atoms with Gasteiger partial charge < -0.3 is 14.6 Å². The van der Waals surface area contributed by atoms with Crippen LogP contribution in [-0.4, -0.2) is 61.5 Å². The third-order valence-corrected chi connectivity index (χ3v) is 6.05. The highest BCUT2D eigenvalue weighted by Gasteiger charge is 2.25. The molecular weight excluding hydrogens is 346 g/mol. The molecule has 2 aliphatic heterocycles. The van der Waals surface area contributed by atoms with Crippen molar-refractivity contribution in [2.75, 3.05) is 45.8 Å². The van der Waals surface area contributed by atoms with Crippen molar-refractivity contribution in [3.8, 4) is 0 Å². The molecule has 1 amide bonds. The minimum atomic E-state index is 0. The summed E-state index contributed by atoms with van der Waals surface area (Å²) in [4.78, 5) is 17.9. The van der Waals surface area contributed by atoms with Crippen LogP contribution in [0.2, 0.25) is 0 Å². The van der Waals surface area contributed by atoms with Crippen LogP contribution >= 0.6 is 23.7 Å². The molecule has 24 heavy (non-hydrogen) atoms. The SMILES string of the molecule is Cl.O=C(c1cc2occc2s1)N1CCN(CC2CCNCC2)CC1. The summed E-state index contributed by atoms with van der Waals surface area (Å²) in [7, 11) is 0. The number of nitrogens with zero attached hydrogens (tertiary/aromatic N) is 2. The molecule has 5 nitrogen and oxygen atoms in total. The molecule has 4 rings (SSSR count). The van der Waals surface area contributed by atoms with E-state index < -0.39 is 0 Å². The molecule has 0 radical (unpaired) electrons. The average Bonchev–Trinajstić information content (AvgIpc) is 3.17. The van der Waals surface area contributed by atoms with Crippen LogP contribution in [0.15, 0.2) is 22.8 Å². The van der Waals surface area contributed by atoms with E-state index in [-0.39, 0.29) is 18.3 Å². The van der Waals surface area contributed by atoms with Crippen molar-refractivity contribution in [1.82, 2.24) is 15.1 Å². The molecule has 4 heterocycles. The zero-order chi connectivity index (χ0) is 15.6. The van der Waals surface area contributed by atoms with Crippen molar-refractivity contribution in [2.45, 2.75) is 12.8 Å². The lowest BCUT2D eigenvalue weighted by Crippen LogP contribution is -2.50. The minimum Gasteiger partial charge on any atom is -0.463 e. The molecule has 2 fully saturated rings. The van der Waals surface area contributed by atoms with Gasteiger partial charge in [0.15, 0.2) is 0 Å². The number of fused-ring (bicyclic) bond motifs is 1. The summed E-state index contributed by atoms with van der Waals surface area (Å²) in [5.41, 5.74) is 0.822. The van der Waals surface area contributed by atoms with Crippen LogP contribution in [0.3, 0.4) is 0 Å². The van der Waals surface area contributed by atoms with Crippen LogP contribution < -0.4 is 5.32 Å². The fourth-order valence-electron chi connectivity index (χ4n) is 3.59. The number of piperazine rings is 1. The number of halogens is 1. The van der Waals surface area contributed by atoms with Gasteiger partial charge in [0.1, 0.15) is 5.58 Å². The standard InChI is InChI=1S/C17H23N3O2S.ClH/c21-17(16-11-14-15(23-16)3-10-22-14)20-8-6-19(7-9-20)12-13-1-4-18-5-2-13;/h3,10-11,13,18H,1-2,4-9,12H2;1H. The second-order valence-corrected chi connectivity index (χ2v) is 7.63. The first-order valence-corrected chi connectivity index (χ1v) is 9.30.